The molecule has 0 bridgehead atoms. The van der Waals surface area contributed by atoms with Crippen molar-refractivity contribution in [3.8, 4) is 11.3 Å². The maximum absolute atomic E-state index is 13.0. The van der Waals surface area contributed by atoms with Gasteiger partial charge in [-0.3, -0.25) is 4.79 Å². The molecule has 0 spiro atoms. The van der Waals surface area contributed by atoms with Gasteiger partial charge in [-0.15, -0.1) is 5.10 Å². The van der Waals surface area contributed by atoms with Gasteiger partial charge in [0.1, 0.15) is 11.5 Å². The summed E-state index contributed by atoms with van der Waals surface area (Å²) in [5.74, 6) is -0.510. The van der Waals surface area contributed by atoms with Crippen molar-refractivity contribution >= 4 is 43.3 Å². The molecule has 10 heteroatoms. The van der Waals surface area contributed by atoms with Gasteiger partial charge in [-0.1, -0.05) is 11.3 Å². The second-order valence-corrected chi connectivity index (χ2v) is 7.68. The van der Waals surface area contributed by atoms with Crippen LogP contribution in [0.25, 0.3) is 16.2 Å². The summed E-state index contributed by atoms with van der Waals surface area (Å²) in [5, 5.41) is 11.1. The summed E-state index contributed by atoms with van der Waals surface area (Å²) in [4.78, 5) is 21.3. The van der Waals surface area contributed by atoms with E-state index in [4.69, 9.17) is 0 Å². The molecule has 4 aromatic rings. The standard InChI is InChI=1S/C18H14BrFN6OS/c19-12-3-6-14(23-9-12)16(27)21-7-8-22-17-25-26-10-15(24-18(26)28-17)11-1-4-13(20)5-2-11/h1-6,9-10H,7-8H2,(H,21,27)(H,22,25). The lowest BCUT2D eigenvalue weighted by Crippen LogP contribution is -2.29. The number of hydrogen-bond acceptors (Lipinski definition) is 6. The van der Waals surface area contributed by atoms with Crippen molar-refractivity contribution in [3.05, 3.63) is 64.8 Å². The van der Waals surface area contributed by atoms with Crippen LogP contribution in [0, 0.1) is 5.82 Å². The van der Waals surface area contributed by atoms with Gasteiger partial charge < -0.3 is 10.6 Å². The van der Waals surface area contributed by atoms with E-state index in [2.05, 4.69) is 41.6 Å². The predicted octanol–water partition coefficient (Wildman–Crippen LogP) is 3.60. The van der Waals surface area contributed by atoms with E-state index in [1.54, 1.807) is 41.2 Å². The molecule has 0 aliphatic rings. The number of carbonyl (C=O) groups is 1. The number of amides is 1. The topological polar surface area (TPSA) is 84.2 Å². The molecule has 142 valence electrons. The van der Waals surface area contributed by atoms with Crippen LogP contribution < -0.4 is 10.6 Å². The fourth-order valence-electron chi connectivity index (χ4n) is 2.48. The molecule has 28 heavy (non-hydrogen) atoms. The van der Waals surface area contributed by atoms with Crippen LogP contribution in [0.4, 0.5) is 9.52 Å². The number of carbonyl (C=O) groups excluding carboxylic acids is 1. The molecule has 0 radical (unpaired) electrons. The molecule has 0 aliphatic carbocycles. The van der Waals surface area contributed by atoms with Crippen LogP contribution in [0.5, 0.6) is 0 Å². The minimum Gasteiger partial charge on any atom is -0.358 e. The molecule has 3 heterocycles. The van der Waals surface area contributed by atoms with Crippen molar-refractivity contribution in [1.82, 2.24) is 24.9 Å². The van der Waals surface area contributed by atoms with E-state index in [0.717, 1.165) is 20.7 Å². The molecule has 0 aliphatic heterocycles. The van der Waals surface area contributed by atoms with E-state index in [-0.39, 0.29) is 11.7 Å². The Morgan fingerprint density at radius 2 is 2.00 bits per heavy atom. The second kappa shape index (κ2) is 8.03. The Bertz CT molecular complexity index is 1080. The lowest BCUT2D eigenvalue weighted by atomic mass is 10.2. The quantitative estimate of drug-likeness (QED) is 0.429. The molecule has 1 amide bonds. The number of fused-ring (bicyclic) bond motifs is 1. The maximum atomic E-state index is 13.0. The van der Waals surface area contributed by atoms with Crippen LogP contribution in [0.1, 0.15) is 10.5 Å². The van der Waals surface area contributed by atoms with Crippen molar-refractivity contribution in [1.29, 1.82) is 0 Å². The van der Waals surface area contributed by atoms with Crippen molar-refractivity contribution in [2.75, 3.05) is 18.4 Å². The first-order valence-electron chi connectivity index (χ1n) is 8.34. The number of imidazole rings is 1. The Hall–Kier alpha value is -2.85. The Morgan fingerprint density at radius 1 is 1.18 bits per heavy atom. The largest absolute Gasteiger partial charge is 0.358 e. The Balaban J connectivity index is 1.31. The molecular formula is C18H14BrFN6OS. The number of benzene rings is 1. The van der Waals surface area contributed by atoms with E-state index in [0.29, 0.717) is 23.9 Å². The van der Waals surface area contributed by atoms with Crippen LogP contribution in [-0.4, -0.2) is 38.6 Å². The Morgan fingerprint density at radius 3 is 2.71 bits per heavy atom. The number of hydrogen-bond donors (Lipinski definition) is 2. The van der Waals surface area contributed by atoms with E-state index in [1.807, 2.05) is 0 Å². The zero-order chi connectivity index (χ0) is 19.5. The van der Waals surface area contributed by atoms with Gasteiger partial charge in [-0.2, -0.15) is 0 Å². The van der Waals surface area contributed by atoms with Crippen molar-refractivity contribution < 1.29 is 9.18 Å². The average molecular weight is 461 g/mol. The van der Waals surface area contributed by atoms with Crippen molar-refractivity contribution in [3.63, 3.8) is 0 Å². The predicted molar refractivity (Wildman–Crippen MR) is 109 cm³/mol. The number of aromatic nitrogens is 4. The van der Waals surface area contributed by atoms with Crippen LogP contribution in [0.15, 0.2) is 53.3 Å². The van der Waals surface area contributed by atoms with E-state index in [1.165, 1.54) is 23.5 Å². The smallest absolute Gasteiger partial charge is 0.269 e. The summed E-state index contributed by atoms with van der Waals surface area (Å²) < 4.78 is 15.5. The number of nitrogens with one attached hydrogen (secondary N) is 2. The van der Waals surface area contributed by atoms with Crippen LogP contribution >= 0.6 is 27.3 Å². The normalized spacial score (nSPS) is 10.9. The first kappa shape index (κ1) is 18.5. The van der Waals surface area contributed by atoms with Gasteiger partial charge in [-0.25, -0.2) is 18.9 Å². The highest BCUT2D eigenvalue weighted by Gasteiger charge is 2.10. The van der Waals surface area contributed by atoms with Gasteiger partial charge in [-0.05, 0) is 52.3 Å². The molecule has 4 rings (SSSR count). The number of halogens is 2. The summed E-state index contributed by atoms with van der Waals surface area (Å²) in [7, 11) is 0. The third-order valence-corrected chi connectivity index (χ3v) is 5.18. The molecule has 7 nitrogen and oxygen atoms in total. The van der Waals surface area contributed by atoms with Gasteiger partial charge >= 0.3 is 0 Å². The molecule has 0 unspecified atom stereocenters. The van der Waals surface area contributed by atoms with E-state index < -0.39 is 0 Å². The van der Waals surface area contributed by atoms with Crippen LogP contribution in [-0.2, 0) is 0 Å². The van der Waals surface area contributed by atoms with Gasteiger partial charge in [0, 0.05) is 29.3 Å². The zero-order valence-electron chi connectivity index (χ0n) is 14.4. The fraction of sp³-hybridized carbons (Fsp3) is 0.111. The number of rotatable bonds is 6. The zero-order valence-corrected chi connectivity index (χ0v) is 16.8. The SMILES string of the molecule is O=C(NCCNc1nn2cc(-c3ccc(F)cc3)nc2s1)c1ccc(Br)cn1. The molecular weight excluding hydrogens is 447 g/mol. The highest BCUT2D eigenvalue weighted by molar-refractivity contribution is 9.10. The summed E-state index contributed by atoms with van der Waals surface area (Å²) in [5.41, 5.74) is 1.93. The lowest BCUT2D eigenvalue weighted by molar-refractivity contribution is 0.0950. The van der Waals surface area contributed by atoms with Crippen molar-refractivity contribution in [2.45, 2.75) is 0 Å². The van der Waals surface area contributed by atoms with E-state index in [9.17, 15) is 9.18 Å². The highest BCUT2D eigenvalue weighted by Crippen LogP contribution is 2.24. The molecule has 0 atom stereocenters. The number of pyridine rings is 1. The van der Waals surface area contributed by atoms with Gasteiger partial charge in [0.05, 0.1) is 11.9 Å². The molecule has 1 aromatic carbocycles. The summed E-state index contributed by atoms with van der Waals surface area (Å²) in [6.07, 6.45) is 3.38. The number of anilines is 1. The lowest BCUT2D eigenvalue weighted by Gasteiger charge is -2.05. The highest BCUT2D eigenvalue weighted by atomic mass is 79.9. The van der Waals surface area contributed by atoms with Gasteiger partial charge in [0.2, 0.25) is 10.1 Å². The van der Waals surface area contributed by atoms with Gasteiger partial charge in [0.25, 0.3) is 5.91 Å². The molecule has 0 saturated heterocycles. The molecule has 0 fully saturated rings. The first-order chi connectivity index (χ1) is 13.6. The molecule has 0 saturated carbocycles. The third kappa shape index (κ3) is 4.18. The molecule has 2 N–H and O–H groups in total. The average Bonchev–Trinajstić information content (AvgIpc) is 3.25. The molecule has 3 aromatic heterocycles. The minimum absolute atomic E-state index is 0.229. The third-order valence-electron chi connectivity index (χ3n) is 3.83. The van der Waals surface area contributed by atoms with Crippen LogP contribution in [0.2, 0.25) is 0 Å². The van der Waals surface area contributed by atoms with E-state index >= 15 is 0 Å². The monoisotopic (exact) mass is 460 g/mol. The number of nitrogens with zero attached hydrogens (tertiary/aromatic N) is 4. The summed E-state index contributed by atoms with van der Waals surface area (Å²) in [6.45, 7) is 0.947. The van der Waals surface area contributed by atoms with Gasteiger partial charge in [0.15, 0.2) is 0 Å². The Kier molecular flexibility index (Phi) is 5.31. The fourth-order valence-corrected chi connectivity index (χ4v) is 3.52. The maximum Gasteiger partial charge on any atom is 0.269 e. The van der Waals surface area contributed by atoms with Crippen LogP contribution in [0.3, 0.4) is 0 Å². The minimum atomic E-state index is -0.280. The summed E-state index contributed by atoms with van der Waals surface area (Å²) >= 11 is 4.68. The van der Waals surface area contributed by atoms with Crippen molar-refractivity contribution in [2.24, 2.45) is 0 Å². The second-order valence-electron chi connectivity index (χ2n) is 5.81. The first-order valence-corrected chi connectivity index (χ1v) is 9.95. The Labute approximate surface area is 171 Å². The summed E-state index contributed by atoms with van der Waals surface area (Å²) in [6, 6.07) is 9.60.